The van der Waals surface area contributed by atoms with Gasteiger partial charge in [-0.25, -0.2) is 4.98 Å². The molecular weight excluding hydrogens is 263 g/mol. The largest absolute Gasteiger partial charge is 0.414 e. The Morgan fingerprint density at radius 2 is 2.05 bits per heavy atom. The van der Waals surface area contributed by atoms with E-state index in [0.717, 1.165) is 5.69 Å². The van der Waals surface area contributed by atoms with Crippen LogP contribution in [0.3, 0.4) is 0 Å². The Morgan fingerprint density at radius 3 is 2.68 bits per heavy atom. The Bertz CT molecular complexity index is 568. The Balaban J connectivity index is 2.16. The van der Waals surface area contributed by atoms with Gasteiger partial charge in [0.05, 0.1) is 6.42 Å². The van der Waals surface area contributed by atoms with E-state index in [1.54, 1.807) is 25.1 Å². The van der Waals surface area contributed by atoms with Gasteiger partial charge in [-0.1, -0.05) is 11.2 Å². The number of halogens is 3. The smallest absolute Gasteiger partial charge is 0.383 e. The minimum absolute atomic E-state index is 0.0908. The third-order valence-electron chi connectivity index (χ3n) is 2.33. The summed E-state index contributed by atoms with van der Waals surface area (Å²) in [6.45, 7) is 1.76. The van der Waals surface area contributed by atoms with E-state index in [0.29, 0.717) is 5.69 Å². The number of aliphatic hydroxyl groups excluding tert-OH is 1. The van der Waals surface area contributed by atoms with E-state index < -0.39 is 18.7 Å². The molecule has 0 bridgehead atoms. The predicted octanol–water partition coefficient (Wildman–Crippen LogP) is 1.91. The van der Waals surface area contributed by atoms with Gasteiger partial charge in [0.1, 0.15) is 5.69 Å². The lowest BCUT2D eigenvalue weighted by Gasteiger charge is -2.11. The number of pyridine rings is 1. The molecule has 0 aromatic carbocycles. The van der Waals surface area contributed by atoms with Gasteiger partial charge in [0, 0.05) is 5.69 Å². The van der Waals surface area contributed by atoms with E-state index in [4.69, 9.17) is 5.11 Å². The van der Waals surface area contributed by atoms with Crippen LogP contribution < -0.4 is 0 Å². The lowest BCUT2D eigenvalue weighted by Crippen LogP contribution is -2.30. The van der Waals surface area contributed by atoms with Gasteiger partial charge in [-0.05, 0) is 19.1 Å². The lowest BCUT2D eigenvalue weighted by molar-refractivity contribution is -0.204. The van der Waals surface area contributed by atoms with Crippen LogP contribution in [0.1, 0.15) is 11.6 Å². The molecule has 0 amide bonds. The van der Waals surface area contributed by atoms with Crippen LogP contribution in [0, 0.1) is 6.92 Å². The van der Waals surface area contributed by atoms with Crippen molar-refractivity contribution in [3.8, 4) is 11.5 Å². The molecule has 0 saturated heterocycles. The van der Waals surface area contributed by atoms with Gasteiger partial charge < -0.3 is 9.63 Å². The van der Waals surface area contributed by atoms with Crippen LogP contribution in [-0.2, 0) is 6.42 Å². The van der Waals surface area contributed by atoms with Gasteiger partial charge in [-0.15, -0.1) is 0 Å². The van der Waals surface area contributed by atoms with Gasteiger partial charge >= 0.3 is 6.18 Å². The molecule has 0 aliphatic rings. The van der Waals surface area contributed by atoms with Gasteiger partial charge in [0.25, 0.3) is 0 Å². The molecule has 0 aliphatic carbocycles. The number of alkyl halides is 3. The first kappa shape index (κ1) is 13.5. The Kier molecular flexibility index (Phi) is 3.52. The Labute approximate surface area is 106 Å². The minimum Gasteiger partial charge on any atom is -0.383 e. The van der Waals surface area contributed by atoms with Gasteiger partial charge in [0.15, 0.2) is 6.10 Å². The summed E-state index contributed by atoms with van der Waals surface area (Å²) in [4.78, 5) is 7.89. The van der Waals surface area contributed by atoms with Crippen molar-refractivity contribution in [2.45, 2.75) is 25.6 Å². The molecule has 5 nitrogen and oxygen atoms in total. The number of hydrogen-bond acceptors (Lipinski definition) is 5. The monoisotopic (exact) mass is 273 g/mol. The highest BCUT2D eigenvalue weighted by molar-refractivity contribution is 5.47. The molecule has 1 unspecified atom stereocenters. The van der Waals surface area contributed by atoms with Crippen LogP contribution in [-0.4, -0.2) is 32.5 Å². The molecule has 0 saturated carbocycles. The zero-order valence-electron chi connectivity index (χ0n) is 9.85. The van der Waals surface area contributed by atoms with Crippen molar-refractivity contribution < 1.29 is 22.8 Å². The highest BCUT2D eigenvalue weighted by Crippen LogP contribution is 2.23. The minimum atomic E-state index is -4.71. The Hall–Kier alpha value is -1.96. The SMILES string of the molecule is Cc1cccc(-c2noc(CC(O)C(F)(F)F)n2)n1. The van der Waals surface area contributed by atoms with E-state index in [1.807, 2.05) is 0 Å². The summed E-state index contributed by atoms with van der Waals surface area (Å²) in [5, 5.41) is 12.4. The summed E-state index contributed by atoms with van der Waals surface area (Å²) in [5.41, 5.74) is 1.12. The molecule has 0 aliphatic heterocycles. The molecule has 1 N–H and O–H groups in total. The molecule has 102 valence electrons. The summed E-state index contributed by atoms with van der Waals surface area (Å²) < 4.78 is 41.2. The van der Waals surface area contributed by atoms with Crippen molar-refractivity contribution in [3.05, 3.63) is 29.8 Å². The standard InChI is InChI=1S/C11H10F3N3O2/c1-6-3-2-4-7(15-6)10-16-9(19-17-10)5-8(18)11(12,13)14/h2-4,8,18H,5H2,1H3. The molecule has 0 fully saturated rings. The molecule has 1 atom stereocenters. The molecule has 2 aromatic heterocycles. The molecule has 2 heterocycles. The van der Waals surface area contributed by atoms with Gasteiger partial charge in [-0.3, -0.25) is 0 Å². The van der Waals surface area contributed by atoms with Crippen LogP contribution in [0.4, 0.5) is 13.2 Å². The topological polar surface area (TPSA) is 72.0 Å². The summed E-state index contributed by atoms with van der Waals surface area (Å²) >= 11 is 0. The average Bonchev–Trinajstić information content (AvgIpc) is 2.76. The molecule has 8 heteroatoms. The fourth-order valence-electron chi connectivity index (χ4n) is 1.39. The highest BCUT2D eigenvalue weighted by Gasteiger charge is 2.39. The quantitative estimate of drug-likeness (QED) is 0.924. The molecular formula is C11H10F3N3O2. The second kappa shape index (κ2) is 4.96. The average molecular weight is 273 g/mol. The molecule has 2 aromatic rings. The third-order valence-corrected chi connectivity index (χ3v) is 2.33. The first-order valence-corrected chi connectivity index (χ1v) is 5.37. The van der Waals surface area contributed by atoms with Crippen molar-refractivity contribution in [2.75, 3.05) is 0 Å². The van der Waals surface area contributed by atoms with Gasteiger partial charge in [0.2, 0.25) is 11.7 Å². The summed E-state index contributed by atoms with van der Waals surface area (Å²) in [5.74, 6) is -0.198. The number of aliphatic hydroxyl groups is 1. The number of nitrogens with zero attached hydrogens (tertiary/aromatic N) is 3. The van der Waals surface area contributed by atoms with Crippen molar-refractivity contribution in [1.29, 1.82) is 0 Å². The summed E-state index contributed by atoms with van der Waals surface area (Å²) in [6.07, 6.45) is -8.01. The first-order chi connectivity index (χ1) is 8.86. The first-order valence-electron chi connectivity index (χ1n) is 5.37. The lowest BCUT2D eigenvalue weighted by atomic mass is 10.2. The van der Waals surface area contributed by atoms with Crippen LogP contribution in [0.5, 0.6) is 0 Å². The van der Waals surface area contributed by atoms with Crippen molar-refractivity contribution in [1.82, 2.24) is 15.1 Å². The van der Waals surface area contributed by atoms with Crippen LogP contribution in [0.15, 0.2) is 22.7 Å². The second-order valence-electron chi connectivity index (χ2n) is 3.94. The molecule has 19 heavy (non-hydrogen) atoms. The normalized spacial score (nSPS) is 13.5. The van der Waals surface area contributed by atoms with E-state index in [2.05, 4.69) is 19.6 Å². The zero-order chi connectivity index (χ0) is 14.0. The zero-order valence-corrected chi connectivity index (χ0v) is 9.85. The number of aromatic nitrogens is 3. The maximum absolute atomic E-state index is 12.2. The van der Waals surface area contributed by atoms with Crippen LogP contribution in [0.25, 0.3) is 11.5 Å². The third kappa shape index (κ3) is 3.28. The van der Waals surface area contributed by atoms with Crippen molar-refractivity contribution >= 4 is 0 Å². The van der Waals surface area contributed by atoms with E-state index in [-0.39, 0.29) is 11.7 Å². The number of rotatable bonds is 3. The maximum Gasteiger partial charge on any atom is 0.414 e. The fourth-order valence-corrected chi connectivity index (χ4v) is 1.39. The van der Waals surface area contributed by atoms with E-state index >= 15 is 0 Å². The van der Waals surface area contributed by atoms with E-state index in [1.165, 1.54) is 0 Å². The molecule has 0 radical (unpaired) electrons. The second-order valence-corrected chi connectivity index (χ2v) is 3.94. The van der Waals surface area contributed by atoms with E-state index in [9.17, 15) is 13.2 Å². The number of hydrogen-bond donors (Lipinski definition) is 1. The fraction of sp³-hybridized carbons (Fsp3) is 0.364. The summed E-state index contributed by atoms with van der Waals surface area (Å²) in [6, 6.07) is 5.10. The Morgan fingerprint density at radius 1 is 1.32 bits per heavy atom. The van der Waals surface area contributed by atoms with Crippen LogP contribution >= 0.6 is 0 Å². The van der Waals surface area contributed by atoms with Gasteiger partial charge in [-0.2, -0.15) is 18.2 Å². The molecule has 2 rings (SSSR count). The van der Waals surface area contributed by atoms with Crippen molar-refractivity contribution in [2.24, 2.45) is 0 Å². The highest BCUT2D eigenvalue weighted by atomic mass is 19.4. The maximum atomic E-state index is 12.2. The van der Waals surface area contributed by atoms with Crippen LogP contribution in [0.2, 0.25) is 0 Å². The number of aryl methyl sites for hydroxylation is 1. The predicted molar refractivity (Wildman–Crippen MR) is 58.0 cm³/mol. The summed E-state index contributed by atoms with van der Waals surface area (Å²) in [7, 11) is 0. The molecule has 0 spiro atoms. The van der Waals surface area contributed by atoms with Crippen molar-refractivity contribution in [3.63, 3.8) is 0 Å².